The Bertz CT molecular complexity index is 462. The van der Waals surface area contributed by atoms with Crippen LogP contribution >= 0.6 is 0 Å². The summed E-state index contributed by atoms with van der Waals surface area (Å²) in [6.07, 6.45) is 3.51. The van der Waals surface area contributed by atoms with Gasteiger partial charge in [-0.25, -0.2) is 0 Å². The maximum absolute atomic E-state index is 12.3. The lowest BCUT2D eigenvalue weighted by molar-refractivity contribution is -0.125. The third-order valence-electron chi connectivity index (χ3n) is 3.84. The van der Waals surface area contributed by atoms with Gasteiger partial charge in [0.2, 0.25) is 5.91 Å². The van der Waals surface area contributed by atoms with Crippen molar-refractivity contribution in [2.24, 2.45) is 0 Å². The standard InChI is InChI=1S/C17H26N2O2/c1-13-7-9-14(10-8-13)19-17(2,3)16(20)18-12-15-6-4-5-11-21-15/h7-10,15,19H,4-6,11-12H2,1-3H3,(H,18,20). The fourth-order valence-electron chi connectivity index (χ4n) is 2.45. The highest BCUT2D eigenvalue weighted by Crippen LogP contribution is 2.17. The SMILES string of the molecule is Cc1ccc(NC(C)(C)C(=O)NCC2CCCCO2)cc1. The van der Waals surface area contributed by atoms with Crippen LogP contribution in [-0.4, -0.2) is 30.7 Å². The number of hydrogen-bond acceptors (Lipinski definition) is 3. The Hall–Kier alpha value is -1.55. The molecule has 1 aliphatic heterocycles. The van der Waals surface area contributed by atoms with E-state index in [1.807, 2.05) is 45.0 Å². The summed E-state index contributed by atoms with van der Waals surface area (Å²) in [6.45, 7) is 7.24. The lowest BCUT2D eigenvalue weighted by Crippen LogP contribution is -2.50. The second-order valence-corrected chi connectivity index (χ2v) is 6.31. The van der Waals surface area contributed by atoms with E-state index in [1.165, 1.54) is 12.0 Å². The average Bonchev–Trinajstić information content (AvgIpc) is 2.48. The molecule has 0 spiro atoms. The van der Waals surface area contributed by atoms with Crippen LogP contribution in [0.3, 0.4) is 0 Å². The first-order chi connectivity index (χ1) is 9.97. The molecule has 0 bridgehead atoms. The Balaban J connectivity index is 1.85. The molecule has 1 heterocycles. The Morgan fingerprint density at radius 3 is 2.62 bits per heavy atom. The van der Waals surface area contributed by atoms with Crippen LogP contribution in [0.15, 0.2) is 24.3 Å². The summed E-state index contributed by atoms with van der Waals surface area (Å²) in [4.78, 5) is 12.3. The monoisotopic (exact) mass is 290 g/mol. The molecule has 1 amide bonds. The van der Waals surface area contributed by atoms with Crippen LogP contribution < -0.4 is 10.6 Å². The number of rotatable bonds is 5. The van der Waals surface area contributed by atoms with Gasteiger partial charge in [0.15, 0.2) is 0 Å². The molecule has 0 aromatic heterocycles. The highest BCUT2D eigenvalue weighted by atomic mass is 16.5. The van der Waals surface area contributed by atoms with E-state index in [-0.39, 0.29) is 12.0 Å². The van der Waals surface area contributed by atoms with Gasteiger partial charge in [0.25, 0.3) is 0 Å². The molecule has 2 N–H and O–H groups in total. The normalized spacial score (nSPS) is 19.1. The van der Waals surface area contributed by atoms with Crippen LogP contribution in [0.1, 0.15) is 38.7 Å². The van der Waals surface area contributed by atoms with Crippen molar-refractivity contribution >= 4 is 11.6 Å². The first-order valence-electron chi connectivity index (χ1n) is 7.72. The minimum absolute atomic E-state index is 0.00255. The number of hydrogen-bond donors (Lipinski definition) is 2. The van der Waals surface area contributed by atoms with Gasteiger partial charge in [-0.1, -0.05) is 17.7 Å². The molecule has 4 nitrogen and oxygen atoms in total. The van der Waals surface area contributed by atoms with E-state index in [2.05, 4.69) is 10.6 Å². The zero-order chi connectivity index (χ0) is 15.3. The second kappa shape index (κ2) is 6.94. The minimum Gasteiger partial charge on any atom is -0.376 e. The molecule has 21 heavy (non-hydrogen) atoms. The maximum Gasteiger partial charge on any atom is 0.245 e. The van der Waals surface area contributed by atoms with Crippen LogP contribution in [0.4, 0.5) is 5.69 Å². The van der Waals surface area contributed by atoms with Crippen molar-refractivity contribution in [1.29, 1.82) is 0 Å². The van der Waals surface area contributed by atoms with Crippen LogP contribution in [-0.2, 0) is 9.53 Å². The molecule has 1 aliphatic rings. The average molecular weight is 290 g/mol. The predicted octanol–water partition coefficient (Wildman–Crippen LogP) is 2.87. The van der Waals surface area contributed by atoms with Gasteiger partial charge in [-0.2, -0.15) is 0 Å². The summed E-state index contributed by atoms with van der Waals surface area (Å²) in [5.41, 5.74) is 1.51. The van der Waals surface area contributed by atoms with E-state index in [0.717, 1.165) is 25.1 Å². The van der Waals surface area contributed by atoms with Crippen LogP contribution in [0.5, 0.6) is 0 Å². The van der Waals surface area contributed by atoms with Gasteiger partial charge in [-0.3, -0.25) is 4.79 Å². The second-order valence-electron chi connectivity index (χ2n) is 6.31. The molecular weight excluding hydrogens is 264 g/mol. The van der Waals surface area contributed by atoms with E-state index in [0.29, 0.717) is 6.54 Å². The van der Waals surface area contributed by atoms with E-state index in [4.69, 9.17) is 4.74 Å². The first-order valence-corrected chi connectivity index (χ1v) is 7.72. The molecule has 4 heteroatoms. The van der Waals surface area contributed by atoms with E-state index < -0.39 is 5.54 Å². The summed E-state index contributed by atoms with van der Waals surface area (Å²) in [6, 6.07) is 8.06. The smallest absolute Gasteiger partial charge is 0.245 e. The Morgan fingerprint density at radius 2 is 2.00 bits per heavy atom. The topological polar surface area (TPSA) is 50.4 Å². The van der Waals surface area contributed by atoms with Gasteiger partial charge in [-0.15, -0.1) is 0 Å². The van der Waals surface area contributed by atoms with Gasteiger partial charge < -0.3 is 15.4 Å². The van der Waals surface area contributed by atoms with Gasteiger partial charge >= 0.3 is 0 Å². The molecule has 0 saturated carbocycles. The van der Waals surface area contributed by atoms with Crippen molar-refractivity contribution in [3.05, 3.63) is 29.8 Å². The van der Waals surface area contributed by atoms with E-state index in [1.54, 1.807) is 0 Å². The number of carbonyl (C=O) groups is 1. The third kappa shape index (κ3) is 4.74. The molecule has 0 aliphatic carbocycles. The van der Waals surface area contributed by atoms with E-state index >= 15 is 0 Å². The van der Waals surface area contributed by atoms with Crippen molar-refractivity contribution in [3.63, 3.8) is 0 Å². The highest BCUT2D eigenvalue weighted by Gasteiger charge is 2.28. The predicted molar refractivity (Wildman–Crippen MR) is 85.5 cm³/mol. The zero-order valence-electron chi connectivity index (χ0n) is 13.2. The molecule has 1 unspecified atom stereocenters. The largest absolute Gasteiger partial charge is 0.376 e. The number of amides is 1. The summed E-state index contributed by atoms with van der Waals surface area (Å²) >= 11 is 0. The number of benzene rings is 1. The maximum atomic E-state index is 12.3. The molecule has 2 rings (SSSR count). The molecule has 116 valence electrons. The molecule has 1 saturated heterocycles. The summed E-state index contributed by atoms with van der Waals surface area (Å²) < 4.78 is 5.64. The van der Waals surface area contributed by atoms with Crippen molar-refractivity contribution in [2.75, 3.05) is 18.5 Å². The molecule has 1 aromatic carbocycles. The molecule has 1 atom stereocenters. The minimum atomic E-state index is -0.649. The third-order valence-corrected chi connectivity index (χ3v) is 3.84. The fraction of sp³-hybridized carbons (Fsp3) is 0.588. The molecule has 0 radical (unpaired) electrons. The Kier molecular flexibility index (Phi) is 5.23. The van der Waals surface area contributed by atoms with Crippen molar-refractivity contribution in [1.82, 2.24) is 5.32 Å². The van der Waals surface area contributed by atoms with Crippen LogP contribution in [0.25, 0.3) is 0 Å². The van der Waals surface area contributed by atoms with Gasteiger partial charge in [0.1, 0.15) is 5.54 Å². The summed E-state index contributed by atoms with van der Waals surface area (Å²) in [7, 11) is 0. The van der Waals surface area contributed by atoms with Gasteiger partial charge in [-0.05, 0) is 52.2 Å². The van der Waals surface area contributed by atoms with Crippen molar-refractivity contribution < 1.29 is 9.53 Å². The Labute approximate surface area is 127 Å². The summed E-state index contributed by atoms with van der Waals surface area (Å²) in [5.74, 6) is -0.00255. The van der Waals surface area contributed by atoms with Crippen LogP contribution in [0, 0.1) is 6.92 Å². The van der Waals surface area contributed by atoms with E-state index in [9.17, 15) is 4.79 Å². The Morgan fingerprint density at radius 1 is 1.29 bits per heavy atom. The van der Waals surface area contributed by atoms with Crippen molar-refractivity contribution in [3.8, 4) is 0 Å². The van der Waals surface area contributed by atoms with Crippen LogP contribution in [0.2, 0.25) is 0 Å². The first kappa shape index (κ1) is 15.8. The summed E-state index contributed by atoms with van der Waals surface area (Å²) in [5, 5.41) is 6.28. The number of anilines is 1. The molecule has 1 fully saturated rings. The number of carbonyl (C=O) groups excluding carboxylic acids is 1. The van der Waals surface area contributed by atoms with Gasteiger partial charge in [0.05, 0.1) is 6.10 Å². The number of aryl methyl sites for hydroxylation is 1. The lowest BCUT2D eigenvalue weighted by Gasteiger charge is -2.28. The quantitative estimate of drug-likeness (QED) is 0.876. The highest BCUT2D eigenvalue weighted by molar-refractivity contribution is 5.88. The molecule has 1 aromatic rings. The zero-order valence-corrected chi connectivity index (χ0v) is 13.2. The molecular formula is C17H26N2O2. The number of ether oxygens (including phenoxy) is 1. The fourth-order valence-corrected chi connectivity index (χ4v) is 2.45. The van der Waals surface area contributed by atoms with Gasteiger partial charge in [0, 0.05) is 18.8 Å². The van der Waals surface area contributed by atoms with Crippen molar-refractivity contribution in [2.45, 2.75) is 51.7 Å². The lowest BCUT2D eigenvalue weighted by atomic mass is 10.0. The number of nitrogens with one attached hydrogen (secondary N) is 2.